The molecule has 0 N–H and O–H groups in total. The summed E-state index contributed by atoms with van der Waals surface area (Å²) in [4.78, 5) is 40.0. The monoisotopic (exact) mass is 382 g/mol. The number of benzene rings is 1. The van der Waals surface area contributed by atoms with Crippen molar-refractivity contribution in [3.8, 4) is 0 Å². The minimum Gasteiger partial charge on any atom is -0.461 e. The van der Waals surface area contributed by atoms with E-state index in [0.29, 0.717) is 28.1 Å². The molecule has 6 heteroatoms. The Morgan fingerprint density at radius 3 is 2.36 bits per heavy atom. The topological polar surface area (TPSA) is 68.6 Å². The highest BCUT2D eigenvalue weighted by molar-refractivity contribution is 6.06. The number of esters is 1. The SMILES string of the molecule is CCOC(=O)c1c(C)c(C(=O)CN(C(=O)c2ccccc2)C2CC2)c(C)n1C. The molecular weight excluding hydrogens is 356 g/mol. The second kappa shape index (κ2) is 8.00. The Hall–Kier alpha value is -2.89. The van der Waals surface area contributed by atoms with Gasteiger partial charge in [0, 0.05) is 29.9 Å². The summed E-state index contributed by atoms with van der Waals surface area (Å²) in [5.41, 5.74) is 2.77. The average Bonchev–Trinajstić information content (AvgIpc) is 3.48. The molecule has 0 spiro atoms. The Morgan fingerprint density at radius 1 is 1.14 bits per heavy atom. The summed E-state index contributed by atoms with van der Waals surface area (Å²) < 4.78 is 6.82. The van der Waals surface area contributed by atoms with Crippen LogP contribution in [0.15, 0.2) is 30.3 Å². The molecule has 3 rings (SSSR count). The molecule has 0 bridgehead atoms. The summed E-state index contributed by atoms with van der Waals surface area (Å²) >= 11 is 0. The van der Waals surface area contributed by atoms with Crippen LogP contribution in [0.3, 0.4) is 0 Å². The molecule has 0 saturated heterocycles. The largest absolute Gasteiger partial charge is 0.461 e. The Bertz CT molecular complexity index is 910. The van der Waals surface area contributed by atoms with Gasteiger partial charge in [0.2, 0.25) is 0 Å². The van der Waals surface area contributed by atoms with Gasteiger partial charge in [-0.2, -0.15) is 0 Å². The van der Waals surface area contributed by atoms with E-state index in [1.807, 2.05) is 25.1 Å². The smallest absolute Gasteiger partial charge is 0.355 e. The number of carbonyl (C=O) groups excluding carboxylic acids is 3. The van der Waals surface area contributed by atoms with Crippen molar-refractivity contribution in [1.29, 1.82) is 0 Å². The molecule has 6 nitrogen and oxygen atoms in total. The first-order chi connectivity index (χ1) is 13.4. The predicted octanol–water partition coefficient (Wildman–Crippen LogP) is 3.31. The van der Waals surface area contributed by atoms with E-state index in [1.165, 1.54) is 0 Å². The van der Waals surface area contributed by atoms with Gasteiger partial charge in [-0.05, 0) is 51.3 Å². The van der Waals surface area contributed by atoms with Crippen molar-refractivity contribution in [2.45, 2.75) is 39.7 Å². The van der Waals surface area contributed by atoms with E-state index >= 15 is 0 Å². The maximum Gasteiger partial charge on any atom is 0.355 e. The molecule has 0 radical (unpaired) electrons. The summed E-state index contributed by atoms with van der Waals surface area (Å²) in [5.74, 6) is -0.727. The van der Waals surface area contributed by atoms with Gasteiger partial charge in [0.15, 0.2) is 5.78 Å². The molecule has 1 aromatic carbocycles. The van der Waals surface area contributed by atoms with Gasteiger partial charge < -0.3 is 14.2 Å². The van der Waals surface area contributed by atoms with Crippen LogP contribution in [0.25, 0.3) is 0 Å². The third-order valence-electron chi connectivity index (χ3n) is 5.26. The Balaban J connectivity index is 1.88. The number of hydrogen-bond donors (Lipinski definition) is 0. The second-order valence-corrected chi connectivity index (χ2v) is 7.17. The number of ether oxygens (including phenoxy) is 1. The summed E-state index contributed by atoms with van der Waals surface area (Å²) in [5, 5.41) is 0. The normalized spacial score (nSPS) is 13.3. The minimum absolute atomic E-state index is 0.00630. The molecule has 1 aliphatic carbocycles. The van der Waals surface area contributed by atoms with E-state index in [4.69, 9.17) is 4.74 Å². The van der Waals surface area contributed by atoms with Crippen LogP contribution in [0.4, 0.5) is 0 Å². The Morgan fingerprint density at radius 2 is 1.79 bits per heavy atom. The molecule has 0 aliphatic heterocycles. The van der Waals surface area contributed by atoms with Crippen LogP contribution in [-0.4, -0.2) is 46.3 Å². The van der Waals surface area contributed by atoms with Crippen LogP contribution in [-0.2, 0) is 11.8 Å². The van der Waals surface area contributed by atoms with E-state index in [2.05, 4.69) is 0 Å². The molecule has 1 heterocycles. The summed E-state index contributed by atoms with van der Waals surface area (Å²) in [6, 6.07) is 9.12. The van der Waals surface area contributed by atoms with Gasteiger partial charge >= 0.3 is 5.97 Å². The van der Waals surface area contributed by atoms with E-state index in [9.17, 15) is 14.4 Å². The molecule has 28 heavy (non-hydrogen) atoms. The molecule has 1 saturated carbocycles. The first-order valence-corrected chi connectivity index (χ1v) is 9.59. The van der Waals surface area contributed by atoms with Crippen LogP contribution in [0.1, 0.15) is 62.2 Å². The molecule has 148 valence electrons. The number of Topliss-reactive ketones (excluding diaryl/α,β-unsaturated/α-hetero) is 1. The summed E-state index contributed by atoms with van der Waals surface area (Å²) in [7, 11) is 1.75. The number of amides is 1. The number of hydrogen-bond acceptors (Lipinski definition) is 4. The fourth-order valence-corrected chi connectivity index (χ4v) is 3.61. The van der Waals surface area contributed by atoms with Crippen LogP contribution in [0.2, 0.25) is 0 Å². The lowest BCUT2D eigenvalue weighted by molar-refractivity contribution is 0.0514. The molecule has 1 aliphatic rings. The Labute approximate surface area is 165 Å². The van der Waals surface area contributed by atoms with Crippen molar-refractivity contribution in [3.63, 3.8) is 0 Å². The Kier molecular flexibility index (Phi) is 5.68. The highest BCUT2D eigenvalue weighted by atomic mass is 16.5. The van der Waals surface area contributed by atoms with Gasteiger partial charge in [0.25, 0.3) is 5.91 Å². The van der Waals surface area contributed by atoms with Gasteiger partial charge in [0.1, 0.15) is 5.69 Å². The van der Waals surface area contributed by atoms with Crippen molar-refractivity contribution < 1.29 is 19.1 Å². The summed E-state index contributed by atoms with van der Waals surface area (Å²) in [6.07, 6.45) is 1.82. The van der Waals surface area contributed by atoms with Crippen molar-refractivity contribution in [1.82, 2.24) is 9.47 Å². The minimum atomic E-state index is -0.441. The van der Waals surface area contributed by atoms with Crippen LogP contribution >= 0.6 is 0 Å². The molecular formula is C22H26N2O4. The number of ketones is 1. The summed E-state index contributed by atoms with van der Waals surface area (Å²) in [6.45, 7) is 5.59. The van der Waals surface area contributed by atoms with E-state index < -0.39 is 5.97 Å². The number of carbonyl (C=O) groups is 3. The number of rotatable bonds is 7. The van der Waals surface area contributed by atoms with Crippen molar-refractivity contribution in [2.24, 2.45) is 7.05 Å². The van der Waals surface area contributed by atoms with Crippen LogP contribution < -0.4 is 0 Å². The zero-order valence-electron chi connectivity index (χ0n) is 16.8. The maximum atomic E-state index is 13.2. The molecule has 0 unspecified atom stereocenters. The van der Waals surface area contributed by atoms with E-state index in [1.54, 1.807) is 42.5 Å². The van der Waals surface area contributed by atoms with Crippen molar-refractivity contribution >= 4 is 17.7 Å². The standard InChI is InChI=1S/C22H26N2O4/c1-5-28-22(27)20-14(2)19(15(3)23(20)4)18(25)13-24(17-11-12-17)21(26)16-9-7-6-8-10-16/h6-10,17H,5,11-13H2,1-4H3. The lowest BCUT2D eigenvalue weighted by atomic mass is 10.0. The van der Waals surface area contributed by atoms with E-state index in [0.717, 1.165) is 12.8 Å². The van der Waals surface area contributed by atoms with Gasteiger partial charge in [-0.25, -0.2) is 4.79 Å². The number of aromatic nitrogens is 1. The highest BCUT2D eigenvalue weighted by Gasteiger charge is 2.35. The van der Waals surface area contributed by atoms with Crippen molar-refractivity contribution in [3.05, 3.63) is 58.4 Å². The van der Waals surface area contributed by atoms with Gasteiger partial charge in [-0.1, -0.05) is 18.2 Å². The van der Waals surface area contributed by atoms with Gasteiger partial charge in [0.05, 0.1) is 13.2 Å². The third kappa shape index (κ3) is 3.72. The second-order valence-electron chi connectivity index (χ2n) is 7.17. The fourth-order valence-electron chi connectivity index (χ4n) is 3.61. The molecule has 1 fully saturated rings. The zero-order valence-corrected chi connectivity index (χ0v) is 16.8. The lowest BCUT2D eigenvalue weighted by Crippen LogP contribution is -2.37. The number of nitrogens with zero attached hydrogens (tertiary/aromatic N) is 2. The van der Waals surface area contributed by atoms with Crippen molar-refractivity contribution in [2.75, 3.05) is 13.2 Å². The fraction of sp³-hybridized carbons (Fsp3) is 0.409. The molecule has 1 aromatic heterocycles. The zero-order chi connectivity index (χ0) is 20.4. The predicted molar refractivity (Wildman–Crippen MR) is 106 cm³/mol. The lowest BCUT2D eigenvalue weighted by Gasteiger charge is -2.22. The molecule has 2 aromatic rings. The van der Waals surface area contributed by atoms with Gasteiger partial charge in [-0.15, -0.1) is 0 Å². The molecule has 0 atom stereocenters. The first-order valence-electron chi connectivity index (χ1n) is 9.59. The van der Waals surface area contributed by atoms with E-state index in [-0.39, 0.29) is 30.9 Å². The third-order valence-corrected chi connectivity index (χ3v) is 5.26. The van der Waals surface area contributed by atoms with Crippen LogP contribution in [0, 0.1) is 13.8 Å². The average molecular weight is 382 g/mol. The quantitative estimate of drug-likeness (QED) is 0.544. The van der Waals surface area contributed by atoms with Gasteiger partial charge in [-0.3, -0.25) is 9.59 Å². The van der Waals surface area contributed by atoms with Crippen LogP contribution in [0.5, 0.6) is 0 Å². The maximum absolute atomic E-state index is 13.2. The highest BCUT2D eigenvalue weighted by Crippen LogP contribution is 2.30. The first kappa shape index (κ1) is 19.9. The molecule has 1 amide bonds.